The molecule has 0 aromatic heterocycles. The number of ether oxygens (including phenoxy) is 1. The lowest BCUT2D eigenvalue weighted by Crippen LogP contribution is -2.42. The van der Waals surface area contributed by atoms with Gasteiger partial charge in [-0.05, 0) is 12.1 Å². The Morgan fingerprint density at radius 3 is 2.45 bits per heavy atom. The third kappa shape index (κ3) is 3.09. The minimum atomic E-state index is -4.59. The fourth-order valence-corrected chi connectivity index (χ4v) is 2.07. The van der Waals surface area contributed by atoms with Gasteiger partial charge in [-0.25, -0.2) is 4.39 Å². The Balaban J connectivity index is 2.31. The fraction of sp³-hybridized carbons (Fsp3) is 0.462. The predicted octanol–water partition coefficient (Wildman–Crippen LogP) is 2.67. The van der Waals surface area contributed by atoms with Gasteiger partial charge in [-0.1, -0.05) is 6.07 Å². The Morgan fingerprint density at radius 1 is 1.40 bits per heavy atom. The zero-order valence-electron chi connectivity index (χ0n) is 10.6. The summed E-state index contributed by atoms with van der Waals surface area (Å²) < 4.78 is 56.4. The minimum absolute atomic E-state index is 0.0431. The van der Waals surface area contributed by atoms with Crippen molar-refractivity contribution in [3.8, 4) is 0 Å². The third-order valence-electron chi connectivity index (χ3n) is 3.16. The molecule has 20 heavy (non-hydrogen) atoms. The van der Waals surface area contributed by atoms with E-state index in [0.29, 0.717) is 19.3 Å². The third-order valence-corrected chi connectivity index (χ3v) is 3.16. The first-order valence-electron chi connectivity index (χ1n) is 6.00. The van der Waals surface area contributed by atoms with E-state index in [-0.39, 0.29) is 17.4 Å². The SMILES string of the molecule is CC(=O)N[C@@H](c1ccc(C(F)(F)F)cc1F)C1COC1. The standard InChI is InChI=1S/C13H13F4NO2/c1-7(19)18-12(8-5-20-6-8)10-3-2-9(4-11(10)14)13(15,16)17/h2-4,8,12H,5-6H2,1H3,(H,18,19)/t12-/m1/s1. The van der Waals surface area contributed by atoms with Gasteiger partial charge in [-0.15, -0.1) is 0 Å². The maximum atomic E-state index is 13.9. The summed E-state index contributed by atoms with van der Waals surface area (Å²) in [5.41, 5.74) is -1.01. The van der Waals surface area contributed by atoms with Crippen LogP contribution in [-0.4, -0.2) is 19.1 Å². The zero-order chi connectivity index (χ0) is 14.9. The van der Waals surface area contributed by atoms with Crippen molar-refractivity contribution in [2.75, 3.05) is 13.2 Å². The normalized spacial score (nSPS) is 17.4. The summed E-state index contributed by atoms with van der Waals surface area (Å²) in [6, 6.07) is 1.65. The lowest BCUT2D eigenvalue weighted by Gasteiger charge is -2.34. The molecule has 0 unspecified atom stereocenters. The Bertz CT molecular complexity index is 512. The first-order chi connectivity index (χ1) is 9.29. The molecule has 7 heteroatoms. The molecule has 2 rings (SSSR count). The van der Waals surface area contributed by atoms with Gasteiger partial charge in [-0.3, -0.25) is 4.79 Å². The quantitative estimate of drug-likeness (QED) is 0.870. The summed E-state index contributed by atoms with van der Waals surface area (Å²) in [5.74, 6) is -1.49. The highest BCUT2D eigenvalue weighted by atomic mass is 19.4. The van der Waals surface area contributed by atoms with Gasteiger partial charge in [0, 0.05) is 18.4 Å². The lowest BCUT2D eigenvalue weighted by molar-refractivity contribution is -0.137. The number of halogens is 4. The average molecular weight is 291 g/mol. The van der Waals surface area contributed by atoms with Crippen molar-refractivity contribution in [1.29, 1.82) is 0 Å². The second kappa shape index (κ2) is 5.40. The monoisotopic (exact) mass is 291 g/mol. The van der Waals surface area contributed by atoms with E-state index in [1.807, 2.05) is 0 Å². The molecule has 1 amide bonds. The van der Waals surface area contributed by atoms with Crippen molar-refractivity contribution in [3.05, 3.63) is 35.1 Å². The fourth-order valence-electron chi connectivity index (χ4n) is 2.07. The summed E-state index contributed by atoms with van der Waals surface area (Å²) in [4.78, 5) is 11.2. The second-order valence-electron chi connectivity index (χ2n) is 4.71. The molecule has 1 atom stereocenters. The van der Waals surface area contributed by atoms with Gasteiger partial charge in [0.2, 0.25) is 5.91 Å². The van der Waals surface area contributed by atoms with E-state index in [2.05, 4.69) is 5.32 Å². The Kier molecular flexibility index (Phi) is 3.99. The predicted molar refractivity (Wildman–Crippen MR) is 62.3 cm³/mol. The van der Waals surface area contributed by atoms with Crippen LogP contribution in [0.3, 0.4) is 0 Å². The molecule has 1 aliphatic heterocycles. The van der Waals surface area contributed by atoms with Crippen LogP contribution < -0.4 is 5.32 Å². The molecule has 0 saturated carbocycles. The number of nitrogens with one attached hydrogen (secondary N) is 1. The molecule has 0 aliphatic carbocycles. The molecule has 1 N–H and O–H groups in total. The van der Waals surface area contributed by atoms with Crippen LogP contribution in [0.5, 0.6) is 0 Å². The average Bonchev–Trinajstić information content (AvgIpc) is 2.23. The zero-order valence-corrected chi connectivity index (χ0v) is 10.6. The number of amides is 1. The molecule has 0 bridgehead atoms. The molecule has 0 radical (unpaired) electrons. The second-order valence-corrected chi connectivity index (χ2v) is 4.71. The van der Waals surface area contributed by atoms with Crippen LogP contribution in [0.15, 0.2) is 18.2 Å². The highest BCUT2D eigenvalue weighted by Crippen LogP contribution is 2.34. The van der Waals surface area contributed by atoms with Crippen LogP contribution in [0.4, 0.5) is 17.6 Å². The van der Waals surface area contributed by atoms with Gasteiger partial charge in [0.05, 0.1) is 24.8 Å². The van der Waals surface area contributed by atoms with E-state index in [0.717, 1.165) is 12.1 Å². The number of hydrogen-bond acceptors (Lipinski definition) is 2. The molecule has 3 nitrogen and oxygen atoms in total. The maximum Gasteiger partial charge on any atom is 0.416 e. The lowest BCUT2D eigenvalue weighted by atomic mass is 9.90. The minimum Gasteiger partial charge on any atom is -0.381 e. The Labute approximate surface area is 112 Å². The molecular weight excluding hydrogens is 278 g/mol. The number of benzene rings is 1. The Morgan fingerprint density at radius 2 is 2.05 bits per heavy atom. The number of alkyl halides is 3. The van der Waals surface area contributed by atoms with Gasteiger partial charge in [0.25, 0.3) is 0 Å². The summed E-state index contributed by atoms with van der Waals surface area (Å²) in [6.07, 6.45) is -4.59. The summed E-state index contributed by atoms with van der Waals surface area (Å²) in [6.45, 7) is 1.95. The molecule has 1 saturated heterocycles. The van der Waals surface area contributed by atoms with Crippen LogP contribution in [0.2, 0.25) is 0 Å². The molecule has 1 aromatic rings. The van der Waals surface area contributed by atoms with Gasteiger partial charge < -0.3 is 10.1 Å². The van der Waals surface area contributed by atoms with E-state index in [4.69, 9.17) is 4.74 Å². The molecule has 1 heterocycles. The summed E-state index contributed by atoms with van der Waals surface area (Å²) >= 11 is 0. The number of carbonyl (C=O) groups is 1. The first-order valence-corrected chi connectivity index (χ1v) is 6.00. The van der Waals surface area contributed by atoms with Crippen molar-refractivity contribution in [3.63, 3.8) is 0 Å². The topological polar surface area (TPSA) is 38.3 Å². The first kappa shape index (κ1) is 14.8. The highest BCUT2D eigenvalue weighted by molar-refractivity contribution is 5.73. The summed E-state index contributed by atoms with van der Waals surface area (Å²) in [5, 5.41) is 2.56. The largest absolute Gasteiger partial charge is 0.416 e. The van der Waals surface area contributed by atoms with E-state index in [9.17, 15) is 22.4 Å². The molecule has 1 aromatic carbocycles. The van der Waals surface area contributed by atoms with Gasteiger partial charge >= 0.3 is 6.18 Å². The maximum absolute atomic E-state index is 13.9. The van der Waals surface area contributed by atoms with Crippen LogP contribution in [0.1, 0.15) is 24.1 Å². The van der Waals surface area contributed by atoms with Crippen molar-refractivity contribution in [2.45, 2.75) is 19.1 Å². The molecule has 0 spiro atoms. The van der Waals surface area contributed by atoms with E-state index in [1.54, 1.807) is 0 Å². The van der Waals surface area contributed by atoms with E-state index >= 15 is 0 Å². The molecule has 1 aliphatic rings. The number of rotatable bonds is 3. The smallest absolute Gasteiger partial charge is 0.381 e. The van der Waals surface area contributed by atoms with Gasteiger partial charge in [0.15, 0.2) is 0 Å². The van der Waals surface area contributed by atoms with E-state index in [1.165, 1.54) is 6.92 Å². The number of hydrogen-bond donors (Lipinski definition) is 1. The van der Waals surface area contributed by atoms with Crippen molar-refractivity contribution in [2.24, 2.45) is 5.92 Å². The van der Waals surface area contributed by atoms with Crippen LogP contribution in [0, 0.1) is 11.7 Å². The molecule has 1 fully saturated rings. The summed E-state index contributed by atoms with van der Waals surface area (Å²) in [7, 11) is 0. The highest BCUT2D eigenvalue weighted by Gasteiger charge is 2.35. The van der Waals surface area contributed by atoms with Crippen molar-refractivity contribution in [1.82, 2.24) is 5.32 Å². The van der Waals surface area contributed by atoms with Crippen LogP contribution in [0.25, 0.3) is 0 Å². The number of carbonyl (C=O) groups excluding carboxylic acids is 1. The van der Waals surface area contributed by atoms with Crippen molar-refractivity contribution < 1.29 is 27.1 Å². The van der Waals surface area contributed by atoms with Crippen molar-refractivity contribution >= 4 is 5.91 Å². The van der Waals surface area contributed by atoms with Gasteiger partial charge in [-0.2, -0.15) is 13.2 Å². The molecular formula is C13H13F4NO2. The van der Waals surface area contributed by atoms with Gasteiger partial charge in [0.1, 0.15) is 5.82 Å². The van der Waals surface area contributed by atoms with Crippen LogP contribution in [-0.2, 0) is 15.7 Å². The van der Waals surface area contributed by atoms with Crippen LogP contribution >= 0.6 is 0 Å². The van der Waals surface area contributed by atoms with E-state index < -0.39 is 23.6 Å². The molecule has 110 valence electrons. The Hall–Kier alpha value is -1.63.